The number of nitrogens with one attached hydrogen (secondary N) is 1. The number of nitrogens with two attached hydrogens (primary N) is 1. The van der Waals surface area contributed by atoms with E-state index in [1.807, 2.05) is 4.52 Å². The molecule has 0 unspecified atom stereocenters. The molecule has 4 heterocycles. The van der Waals surface area contributed by atoms with E-state index in [2.05, 4.69) is 65.3 Å². The molecule has 5 rings (SSSR count). The molecule has 3 N–H and O–H groups in total. The summed E-state index contributed by atoms with van der Waals surface area (Å²) in [4.78, 5) is 7.89. The molecular weight excluding hydrogens is 408 g/mol. The van der Waals surface area contributed by atoms with Gasteiger partial charge in [-0.1, -0.05) is 6.07 Å². The maximum Gasteiger partial charge on any atom is 0.152 e. The van der Waals surface area contributed by atoms with Crippen molar-refractivity contribution in [1.82, 2.24) is 24.8 Å². The van der Waals surface area contributed by atoms with Crippen molar-refractivity contribution in [3.8, 4) is 16.2 Å². The van der Waals surface area contributed by atoms with Gasteiger partial charge in [-0.3, -0.25) is 4.90 Å². The summed E-state index contributed by atoms with van der Waals surface area (Å²) in [6.07, 6.45) is 1.54. The van der Waals surface area contributed by atoms with Crippen LogP contribution in [0.25, 0.3) is 26.0 Å². The number of nitrogen functional groups attached to an aromatic ring is 1. The van der Waals surface area contributed by atoms with Crippen molar-refractivity contribution in [3.63, 3.8) is 0 Å². The SMILES string of the molecule is COc1cc(C)cc2cc(-c3cc(CN4CCNC(C)(C)C4)n4ncnc(N)c34)sc12. The number of aromatic nitrogens is 3. The molecule has 1 fully saturated rings. The summed E-state index contributed by atoms with van der Waals surface area (Å²) in [6.45, 7) is 10.4. The molecule has 0 bridgehead atoms. The Morgan fingerprint density at radius 2 is 2.10 bits per heavy atom. The number of fused-ring (bicyclic) bond motifs is 2. The van der Waals surface area contributed by atoms with Crippen molar-refractivity contribution in [2.75, 3.05) is 32.5 Å². The second-order valence-corrected chi connectivity index (χ2v) is 10.0. The normalized spacial score (nSPS) is 16.9. The molecule has 1 aliphatic heterocycles. The van der Waals surface area contributed by atoms with Crippen molar-refractivity contribution in [2.45, 2.75) is 32.9 Å². The van der Waals surface area contributed by atoms with Crippen LogP contribution in [0.2, 0.25) is 0 Å². The van der Waals surface area contributed by atoms with Gasteiger partial charge in [0.25, 0.3) is 0 Å². The molecule has 1 aliphatic rings. The number of rotatable bonds is 4. The van der Waals surface area contributed by atoms with E-state index in [1.54, 1.807) is 18.4 Å². The lowest BCUT2D eigenvalue weighted by molar-refractivity contribution is 0.146. The maximum atomic E-state index is 6.34. The molecule has 0 amide bonds. The molecule has 31 heavy (non-hydrogen) atoms. The number of piperazine rings is 1. The standard InChI is InChI=1S/C23H28N6OS/c1-14-7-15-9-19(31-21(15)18(8-14)30-4)17-10-16(29-20(17)22(24)25-13-27-29)11-28-6-5-26-23(2,3)12-28/h7-10,13,26H,5-6,11-12H2,1-4H3,(H2,24,25,27). The highest BCUT2D eigenvalue weighted by Gasteiger charge is 2.27. The van der Waals surface area contributed by atoms with Crippen LogP contribution >= 0.6 is 11.3 Å². The summed E-state index contributed by atoms with van der Waals surface area (Å²) in [7, 11) is 1.72. The van der Waals surface area contributed by atoms with Gasteiger partial charge >= 0.3 is 0 Å². The van der Waals surface area contributed by atoms with Gasteiger partial charge < -0.3 is 15.8 Å². The lowest BCUT2D eigenvalue weighted by atomic mass is 10.0. The predicted molar refractivity (Wildman–Crippen MR) is 127 cm³/mol. The Morgan fingerprint density at radius 3 is 2.87 bits per heavy atom. The molecule has 7 nitrogen and oxygen atoms in total. The number of hydrogen-bond acceptors (Lipinski definition) is 7. The first-order chi connectivity index (χ1) is 14.8. The monoisotopic (exact) mass is 436 g/mol. The quantitative estimate of drug-likeness (QED) is 0.508. The van der Waals surface area contributed by atoms with E-state index < -0.39 is 0 Å². The van der Waals surface area contributed by atoms with Crippen LogP contribution in [-0.4, -0.2) is 51.8 Å². The minimum atomic E-state index is 0.0993. The van der Waals surface area contributed by atoms with E-state index in [1.165, 1.54) is 17.3 Å². The Labute approximate surface area is 185 Å². The fourth-order valence-electron chi connectivity index (χ4n) is 4.59. The maximum absolute atomic E-state index is 6.34. The Kier molecular flexibility index (Phi) is 4.88. The molecule has 0 atom stereocenters. The molecule has 4 aromatic rings. The third-order valence-corrected chi connectivity index (χ3v) is 7.10. The van der Waals surface area contributed by atoms with Crippen molar-refractivity contribution < 1.29 is 4.74 Å². The molecule has 0 spiro atoms. The van der Waals surface area contributed by atoms with Gasteiger partial charge in [-0.25, -0.2) is 9.50 Å². The van der Waals surface area contributed by atoms with Crippen molar-refractivity contribution in [1.29, 1.82) is 0 Å². The van der Waals surface area contributed by atoms with Crippen LogP contribution in [0, 0.1) is 6.92 Å². The smallest absolute Gasteiger partial charge is 0.152 e. The summed E-state index contributed by atoms with van der Waals surface area (Å²) in [5.41, 5.74) is 10.7. The second-order valence-electron chi connectivity index (χ2n) is 8.97. The average Bonchev–Trinajstić information content (AvgIpc) is 3.29. The lowest BCUT2D eigenvalue weighted by Gasteiger charge is -2.39. The van der Waals surface area contributed by atoms with Crippen LogP contribution in [0.5, 0.6) is 5.75 Å². The minimum absolute atomic E-state index is 0.0993. The topological polar surface area (TPSA) is 80.7 Å². The Bertz CT molecular complexity index is 1270. The van der Waals surface area contributed by atoms with Crippen LogP contribution in [0.4, 0.5) is 5.82 Å². The molecule has 0 saturated carbocycles. The van der Waals surface area contributed by atoms with Gasteiger partial charge in [0.2, 0.25) is 0 Å². The highest BCUT2D eigenvalue weighted by molar-refractivity contribution is 7.22. The zero-order valence-corrected chi connectivity index (χ0v) is 19.2. The highest BCUT2D eigenvalue weighted by atomic mass is 32.1. The van der Waals surface area contributed by atoms with Gasteiger partial charge in [-0.15, -0.1) is 11.3 Å². The summed E-state index contributed by atoms with van der Waals surface area (Å²) < 4.78 is 8.74. The molecule has 3 aromatic heterocycles. The molecule has 162 valence electrons. The average molecular weight is 437 g/mol. The van der Waals surface area contributed by atoms with E-state index in [-0.39, 0.29) is 5.54 Å². The first kappa shape index (κ1) is 20.2. The number of benzene rings is 1. The zero-order valence-electron chi connectivity index (χ0n) is 18.4. The van der Waals surface area contributed by atoms with Crippen LogP contribution in [0.15, 0.2) is 30.6 Å². The van der Waals surface area contributed by atoms with Gasteiger partial charge in [0, 0.05) is 42.2 Å². The number of thiophene rings is 1. The predicted octanol–water partition coefficient (Wildman–Crippen LogP) is 3.69. The first-order valence-corrected chi connectivity index (χ1v) is 11.3. The summed E-state index contributed by atoms with van der Waals surface area (Å²) in [5, 5.41) is 9.31. The largest absolute Gasteiger partial charge is 0.495 e. The molecule has 0 aliphatic carbocycles. The summed E-state index contributed by atoms with van der Waals surface area (Å²) in [6, 6.07) is 8.71. The second kappa shape index (κ2) is 7.47. The van der Waals surface area contributed by atoms with E-state index in [4.69, 9.17) is 10.5 Å². The van der Waals surface area contributed by atoms with E-state index in [9.17, 15) is 0 Å². The number of nitrogens with zero attached hydrogens (tertiary/aromatic N) is 4. The Hall–Kier alpha value is -2.68. The van der Waals surface area contributed by atoms with E-state index in [0.717, 1.165) is 58.3 Å². The third-order valence-electron chi connectivity index (χ3n) is 5.90. The van der Waals surface area contributed by atoms with Crippen molar-refractivity contribution >= 4 is 32.8 Å². The van der Waals surface area contributed by atoms with Gasteiger partial charge in [0.1, 0.15) is 17.6 Å². The van der Waals surface area contributed by atoms with Crippen LogP contribution in [0.3, 0.4) is 0 Å². The van der Waals surface area contributed by atoms with Crippen molar-refractivity contribution in [3.05, 3.63) is 41.9 Å². The number of hydrogen-bond donors (Lipinski definition) is 2. The van der Waals surface area contributed by atoms with E-state index >= 15 is 0 Å². The first-order valence-electron chi connectivity index (χ1n) is 10.5. The molecule has 1 saturated heterocycles. The van der Waals surface area contributed by atoms with Gasteiger partial charge in [-0.2, -0.15) is 5.10 Å². The number of methoxy groups -OCH3 is 1. The van der Waals surface area contributed by atoms with Gasteiger partial charge in [0.15, 0.2) is 5.82 Å². The summed E-state index contributed by atoms with van der Waals surface area (Å²) in [5.74, 6) is 1.40. The van der Waals surface area contributed by atoms with Crippen LogP contribution in [-0.2, 0) is 6.54 Å². The van der Waals surface area contributed by atoms with Crippen molar-refractivity contribution in [2.24, 2.45) is 0 Å². The highest BCUT2D eigenvalue weighted by Crippen LogP contribution is 2.42. The van der Waals surface area contributed by atoms with Crippen LogP contribution < -0.4 is 15.8 Å². The Morgan fingerprint density at radius 1 is 1.26 bits per heavy atom. The molecule has 8 heteroatoms. The Balaban J connectivity index is 1.62. The van der Waals surface area contributed by atoms with Gasteiger partial charge in [-0.05, 0) is 49.9 Å². The minimum Gasteiger partial charge on any atom is -0.495 e. The van der Waals surface area contributed by atoms with Gasteiger partial charge in [0.05, 0.1) is 17.5 Å². The zero-order chi connectivity index (χ0) is 21.8. The van der Waals surface area contributed by atoms with E-state index in [0.29, 0.717) is 5.82 Å². The fourth-order valence-corrected chi connectivity index (χ4v) is 5.74. The lowest BCUT2D eigenvalue weighted by Crippen LogP contribution is -2.56. The van der Waals surface area contributed by atoms with Crippen LogP contribution in [0.1, 0.15) is 25.1 Å². The number of aryl methyl sites for hydroxylation is 1. The summed E-state index contributed by atoms with van der Waals surface area (Å²) >= 11 is 1.72. The molecule has 0 radical (unpaired) electrons. The molecular formula is C23H28N6OS. The number of anilines is 1. The third kappa shape index (κ3) is 3.64. The number of ether oxygens (including phenoxy) is 1. The molecule has 1 aromatic carbocycles. The fraction of sp³-hybridized carbons (Fsp3) is 0.391.